The molecule has 0 saturated carbocycles. The van der Waals surface area contributed by atoms with Crippen molar-refractivity contribution in [3.8, 4) is 0 Å². The molecule has 1 atom stereocenters. The van der Waals surface area contributed by atoms with Crippen LogP contribution in [0.3, 0.4) is 0 Å². The standard InChI is InChI=1S/C13H19NO4S/c1-8-6-10(19(3,17)18)7-11(9(8)2)12(14)4-5-13(15)16/h6-7,12H,4-5,14H2,1-3H3,(H,15,16). The summed E-state index contributed by atoms with van der Waals surface area (Å²) in [5.74, 6) is -0.913. The van der Waals surface area contributed by atoms with E-state index in [-0.39, 0.29) is 17.7 Å². The van der Waals surface area contributed by atoms with Crippen LogP contribution >= 0.6 is 0 Å². The summed E-state index contributed by atoms with van der Waals surface area (Å²) in [5.41, 5.74) is 8.41. The SMILES string of the molecule is Cc1cc(S(C)(=O)=O)cc(C(N)CCC(=O)O)c1C. The third-order valence-electron chi connectivity index (χ3n) is 3.18. The minimum atomic E-state index is -3.30. The molecule has 3 N–H and O–H groups in total. The molecule has 1 unspecified atom stereocenters. The summed E-state index contributed by atoms with van der Waals surface area (Å²) in [5, 5.41) is 8.67. The second-order valence-electron chi connectivity index (χ2n) is 4.77. The van der Waals surface area contributed by atoms with Crippen molar-refractivity contribution in [2.75, 3.05) is 6.26 Å². The Balaban J connectivity index is 3.19. The van der Waals surface area contributed by atoms with E-state index in [4.69, 9.17) is 10.8 Å². The zero-order valence-electron chi connectivity index (χ0n) is 11.3. The topological polar surface area (TPSA) is 97.5 Å². The lowest BCUT2D eigenvalue weighted by Gasteiger charge is -2.17. The van der Waals surface area contributed by atoms with E-state index in [0.29, 0.717) is 5.56 Å². The molecule has 1 aromatic carbocycles. The zero-order chi connectivity index (χ0) is 14.8. The molecule has 6 heteroatoms. The molecule has 0 radical (unpaired) electrons. The number of sulfone groups is 1. The van der Waals surface area contributed by atoms with Gasteiger partial charge in [-0.25, -0.2) is 8.42 Å². The van der Waals surface area contributed by atoms with Gasteiger partial charge in [-0.05, 0) is 49.1 Å². The number of hydrogen-bond acceptors (Lipinski definition) is 4. The number of hydrogen-bond donors (Lipinski definition) is 2. The summed E-state index contributed by atoms with van der Waals surface area (Å²) in [4.78, 5) is 10.8. The van der Waals surface area contributed by atoms with Gasteiger partial charge < -0.3 is 10.8 Å². The Morgan fingerprint density at radius 1 is 1.37 bits per heavy atom. The van der Waals surface area contributed by atoms with Crippen molar-refractivity contribution in [1.82, 2.24) is 0 Å². The molecular formula is C13H19NO4S. The van der Waals surface area contributed by atoms with E-state index in [1.54, 1.807) is 12.1 Å². The molecule has 1 rings (SSSR count). The number of nitrogens with two attached hydrogens (primary N) is 1. The molecule has 0 aliphatic heterocycles. The van der Waals surface area contributed by atoms with Crippen molar-refractivity contribution in [3.05, 3.63) is 28.8 Å². The van der Waals surface area contributed by atoms with Crippen LogP contribution in [0.4, 0.5) is 0 Å². The predicted molar refractivity (Wildman–Crippen MR) is 72.8 cm³/mol. The highest BCUT2D eigenvalue weighted by Crippen LogP contribution is 2.26. The number of aryl methyl sites for hydroxylation is 1. The summed E-state index contributed by atoms with van der Waals surface area (Å²) in [6.45, 7) is 3.68. The smallest absolute Gasteiger partial charge is 0.303 e. The number of rotatable bonds is 5. The average Bonchev–Trinajstić information content (AvgIpc) is 2.27. The van der Waals surface area contributed by atoms with Gasteiger partial charge in [0, 0.05) is 18.7 Å². The van der Waals surface area contributed by atoms with Gasteiger partial charge in [0.25, 0.3) is 0 Å². The van der Waals surface area contributed by atoms with Crippen LogP contribution < -0.4 is 5.73 Å². The van der Waals surface area contributed by atoms with Crippen LogP contribution in [0.1, 0.15) is 35.6 Å². The molecule has 0 spiro atoms. The van der Waals surface area contributed by atoms with Crippen LogP contribution in [0.2, 0.25) is 0 Å². The van der Waals surface area contributed by atoms with E-state index < -0.39 is 21.8 Å². The number of carboxylic acid groups (broad SMARTS) is 1. The first kappa shape index (κ1) is 15.7. The van der Waals surface area contributed by atoms with E-state index >= 15 is 0 Å². The maximum absolute atomic E-state index is 11.6. The Morgan fingerprint density at radius 2 is 1.95 bits per heavy atom. The maximum atomic E-state index is 11.6. The Hall–Kier alpha value is -1.40. The molecule has 0 amide bonds. The third kappa shape index (κ3) is 4.04. The molecule has 5 nitrogen and oxygen atoms in total. The van der Waals surface area contributed by atoms with E-state index in [9.17, 15) is 13.2 Å². The number of aliphatic carboxylic acids is 1. The van der Waals surface area contributed by atoms with E-state index in [1.165, 1.54) is 0 Å². The van der Waals surface area contributed by atoms with Crippen LogP contribution in [0.5, 0.6) is 0 Å². The van der Waals surface area contributed by atoms with Crippen LogP contribution in [0.25, 0.3) is 0 Å². The first-order valence-electron chi connectivity index (χ1n) is 5.91. The van der Waals surface area contributed by atoms with Gasteiger partial charge in [0.1, 0.15) is 0 Å². The normalized spacial score (nSPS) is 13.3. The molecular weight excluding hydrogens is 266 g/mol. The predicted octanol–water partition coefficient (Wildman–Crippen LogP) is 1.57. The molecule has 0 heterocycles. The van der Waals surface area contributed by atoms with Crippen LogP contribution in [-0.4, -0.2) is 25.7 Å². The monoisotopic (exact) mass is 285 g/mol. The van der Waals surface area contributed by atoms with Crippen LogP contribution in [0, 0.1) is 13.8 Å². The van der Waals surface area contributed by atoms with E-state index in [2.05, 4.69) is 0 Å². The molecule has 0 aromatic heterocycles. The molecule has 0 aliphatic rings. The fourth-order valence-electron chi connectivity index (χ4n) is 1.89. The molecule has 0 bridgehead atoms. The lowest BCUT2D eigenvalue weighted by molar-refractivity contribution is -0.137. The highest BCUT2D eigenvalue weighted by atomic mass is 32.2. The van der Waals surface area contributed by atoms with Gasteiger partial charge in [0.15, 0.2) is 9.84 Å². The molecule has 0 fully saturated rings. The van der Waals surface area contributed by atoms with Gasteiger partial charge in [-0.3, -0.25) is 4.79 Å². The average molecular weight is 285 g/mol. The van der Waals surface area contributed by atoms with Crippen molar-refractivity contribution in [3.63, 3.8) is 0 Å². The minimum Gasteiger partial charge on any atom is -0.481 e. The quantitative estimate of drug-likeness (QED) is 0.855. The Kier molecular flexibility index (Phi) is 4.70. The van der Waals surface area contributed by atoms with Crippen molar-refractivity contribution in [1.29, 1.82) is 0 Å². The van der Waals surface area contributed by atoms with Crippen LogP contribution in [0.15, 0.2) is 17.0 Å². The third-order valence-corrected chi connectivity index (χ3v) is 4.27. The van der Waals surface area contributed by atoms with Crippen LogP contribution in [-0.2, 0) is 14.6 Å². The zero-order valence-corrected chi connectivity index (χ0v) is 12.1. The van der Waals surface area contributed by atoms with Gasteiger partial charge >= 0.3 is 5.97 Å². The number of carboxylic acids is 1. The molecule has 0 saturated heterocycles. The lowest BCUT2D eigenvalue weighted by Crippen LogP contribution is -2.15. The summed E-state index contributed by atoms with van der Waals surface area (Å²) in [6, 6.07) is 2.68. The second kappa shape index (κ2) is 5.71. The lowest BCUT2D eigenvalue weighted by atomic mass is 9.95. The van der Waals surface area contributed by atoms with E-state index in [1.807, 2.05) is 13.8 Å². The van der Waals surface area contributed by atoms with Crippen molar-refractivity contribution in [2.24, 2.45) is 5.73 Å². The highest BCUT2D eigenvalue weighted by Gasteiger charge is 2.17. The second-order valence-corrected chi connectivity index (χ2v) is 6.78. The first-order valence-corrected chi connectivity index (χ1v) is 7.80. The van der Waals surface area contributed by atoms with Gasteiger partial charge in [-0.2, -0.15) is 0 Å². The Morgan fingerprint density at radius 3 is 2.42 bits per heavy atom. The van der Waals surface area contributed by atoms with Crippen molar-refractivity contribution in [2.45, 2.75) is 37.6 Å². The highest BCUT2D eigenvalue weighted by molar-refractivity contribution is 7.90. The van der Waals surface area contributed by atoms with E-state index in [0.717, 1.165) is 17.4 Å². The van der Waals surface area contributed by atoms with Gasteiger partial charge in [-0.15, -0.1) is 0 Å². The minimum absolute atomic E-state index is 0.0389. The molecule has 1 aromatic rings. The summed E-state index contributed by atoms with van der Waals surface area (Å²) < 4.78 is 23.2. The van der Waals surface area contributed by atoms with Crippen molar-refractivity contribution >= 4 is 15.8 Å². The van der Waals surface area contributed by atoms with Crippen molar-refractivity contribution < 1.29 is 18.3 Å². The van der Waals surface area contributed by atoms with Gasteiger partial charge in [0.05, 0.1) is 4.90 Å². The fourth-order valence-corrected chi connectivity index (χ4v) is 2.62. The van der Waals surface area contributed by atoms with Gasteiger partial charge in [-0.1, -0.05) is 0 Å². The Labute approximate surface area is 113 Å². The first-order chi connectivity index (χ1) is 8.62. The Bertz CT molecular complexity index is 593. The summed E-state index contributed by atoms with van der Waals surface area (Å²) in [6.07, 6.45) is 1.38. The number of benzene rings is 1. The molecule has 0 aliphatic carbocycles. The molecule has 19 heavy (non-hydrogen) atoms. The summed E-state index contributed by atoms with van der Waals surface area (Å²) >= 11 is 0. The van der Waals surface area contributed by atoms with Gasteiger partial charge in [0.2, 0.25) is 0 Å². The number of carbonyl (C=O) groups is 1. The largest absolute Gasteiger partial charge is 0.481 e. The maximum Gasteiger partial charge on any atom is 0.303 e. The summed E-state index contributed by atoms with van der Waals surface area (Å²) in [7, 11) is -3.30. The fraction of sp³-hybridized carbons (Fsp3) is 0.462. The molecule has 106 valence electrons.